The van der Waals surface area contributed by atoms with Crippen LogP contribution in [0.5, 0.6) is 0 Å². The van der Waals surface area contributed by atoms with Gasteiger partial charge < -0.3 is 5.32 Å². The zero-order valence-corrected chi connectivity index (χ0v) is 15.1. The number of aromatic nitrogens is 4. The molecule has 0 bridgehead atoms. The summed E-state index contributed by atoms with van der Waals surface area (Å²) in [6, 6.07) is 7.56. The summed E-state index contributed by atoms with van der Waals surface area (Å²) in [5, 5.41) is 11.9. The molecule has 2 aromatic heterocycles. The molecular formula is C15H13ClIN5O. The van der Waals surface area contributed by atoms with E-state index >= 15 is 0 Å². The Kier molecular flexibility index (Phi) is 4.67. The second-order valence-electron chi connectivity index (χ2n) is 5.01. The van der Waals surface area contributed by atoms with Crippen LogP contribution in [0.3, 0.4) is 0 Å². The SMILES string of the molecule is Cn1cc(I)c(C(=O)Nc2cnn(Cc3ccc(Cl)cc3)c2)n1. The van der Waals surface area contributed by atoms with Gasteiger partial charge in [-0.1, -0.05) is 23.7 Å². The lowest BCUT2D eigenvalue weighted by atomic mass is 10.2. The molecule has 6 nitrogen and oxygen atoms in total. The minimum absolute atomic E-state index is 0.249. The number of hydrogen-bond acceptors (Lipinski definition) is 3. The van der Waals surface area contributed by atoms with Crippen LogP contribution in [0.15, 0.2) is 42.9 Å². The topological polar surface area (TPSA) is 64.7 Å². The highest BCUT2D eigenvalue weighted by Crippen LogP contribution is 2.14. The van der Waals surface area contributed by atoms with Crippen molar-refractivity contribution in [1.82, 2.24) is 19.6 Å². The van der Waals surface area contributed by atoms with Gasteiger partial charge in [-0.25, -0.2) is 0 Å². The van der Waals surface area contributed by atoms with E-state index in [9.17, 15) is 4.79 Å². The smallest absolute Gasteiger partial charge is 0.277 e. The molecule has 0 fully saturated rings. The van der Waals surface area contributed by atoms with Gasteiger partial charge in [0, 0.05) is 24.5 Å². The minimum Gasteiger partial charge on any atom is -0.318 e. The summed E-state index contributed by atoms with van der Waals surface area (Å²) >= 11 is 7.96. The van der Waals surface area contributed by atoms with Gasteiger partial charge in [-0.3, -0.25) is 14.2 Å². The van der Waals surface area contributed by atoms with Gasteiger partial charge in [0.2, 0.25) is 0 Å². The Morgan fingerprint density at radius 3 is 2.70 bits per heavy atom. The fraction of sp³-hybridized carbons (Fsp3) is 0.133. The monoisotopic (exact) mass is 441 g/mol. The van der Waals surface area contributed by atoms with Gasteiger partial charge in [0.25, 0.3) is 5.91 Å². The fourth-order valence-corrected chi connectivity index (χ4v) is 2.98. The van der Waals surface area contributed by atoms with Crippen molar-refractivity contribution in [3.8, 4) is 0 Å². The number of nitrogens with one attached hydrogen (secondary N) is 1. The van der Waals surface area contributed by atoms with Crippen LogP contribution in [0.1, 0.15) is 16.1 Å². The summed E-state index contributed by atoms with van der Waals surface area (Å²) in [6.07, 6.45) is 5.19. The quantitative estimate of drug-likeness (QED) is 0.633. The van der Waals surface area contributed by atoms with Crippen LogP contribution in [0.2, 0.25) is 5.02 Å². The molecule has 3 aromatic rings. The van der Waals surface area contributed by atoms with Crippen LogP contribution in [0, 0.1) is 3.57 Å². The van der Waals surface area contributed by atoms with Crippen molar-refractivity contribution < 1.29 is 4.79 Å². The number of amides is 1. The maximum atomic E-state index is 12.2. The first-order valence-corrected chi connectivity index (χ1v) is 8.24. The average Bonchev–Trinajstić information content (AvgIpc) is 3.07. The van der Waals surface area contributed by atoms with Crippen molar-refractivity contribution in [2.24, 2.45) is 7.05 Å². The summed E-state index contributed by atoms with van der Waals surface area (Å²) in [7, 11) is 1.78. The van der Waals surface area contributed by atoms with E-state index in [1.54, 1.807) is 35.0 Å². The maximum absolute atomic E-state index is 12.2. The largest absolute Gasteiger partial charge is 0.318 e. The van der Waals surface area contributed by atoms with Gasteiger partial charge in [-0.05, 0) is 40.3 Å². The Hall–Kier alpha value is -1.87. The molecule has 0 radical (unpaired) electrons. The minimum atomic E-state index is -0.249. The van der Waals surface area contributed by atoms with Crippen LogP contribution < -0.4 is 5.32 Å². The number of rotatable bonds is 4. The van der Waals surface area contributed by atoms with Gasteiger partial charge in [0.1, 0.15) is 0 Å². The molecule has 0 spiro atoms. The Morgan fingerprint density at radius 2 is 2.04 bits per heavy atom. The molecule has 2 heterocycles. The molecule has 0 unspecified atom stereocenters. The zero-order chi connectivity index (χ0) is 16.4. The summed E-state index contributed by atoms with van der Waals surface area (Å²) in [6.45, 7) is 0.605. The third-order valence-electron chi connectivity index (χ3n) is 3.15. The number of hydrogen-bond donors (Lipinski definition) is 1. The lowest BCUT2D eigenvalue weighted by Gasteiger charge is -2.02. The Morgan fingerprint density at radius 1 is 1.30 bits per heavy atom. The number of nitrogens with zero attached hydrogens (tertiary/aromatic N) is 4. The summed E-state index contributed by atoms with van der Waals surface area (Å²) in [5.74, 6) is -0.249. The molecule has 0 atom stereocenters. The van der Waals surface area contributed by atoms with Crippen molar-refractivity contribution in [3.63, 3.8) is 0 Å². The predicted molar refractivity (Wildman–Crippen MR) is 96.7 cm³/mol. The van der Waals surface area contributed by atoms with E-state index in [-0.39, 0.29) is 5.91 Å². The summed E-state index contributed by atoms with van der Waals surface area (Å²) < 4.78 is 4.17. The van der Waals surface area contributed by atoms with E-state index in [0.29, 0.717) is 22.9 Å². The highest BCUT2D eigenvalue weighted by atomic mass is 127. The second kappa shape index (κ2) is 6.71. The number of benzene rings is 1. The van der Waals surface area contributed by atoms with Gasteiger partial charge in [-0.15, -0.1) is 0 Å². The fourth-order valence-electron chi connectivity index (χ4n) is 2.10. The van der Waals surface area contributed by atoms with Crippen LogP contribution in [-0.4, -0.2) is 25.5 Å². The third-order valence-corrected chi connectivity index (χ3v) is 4.19. The standard InChI is InChI=1S/C15H13ClIN5O/c1-21-9-13(17)14(20-21)15(23)19-12-6-18-22(8-12)7-10-2-4-11(16)5-3-10/h2-6,8-9H,7H2,1H3,(H,19,23). The third kappa shape index (κ3) is 3.91. The van der Waals surface area contributed by atoms with E-state index in [2.05, 4.69) is 38.1 Å². The van der Waals surface area contributed by atoms with Crippen molar-refractivity contribution in [2.45, 2.75) is 6.54 Å². The average molecular weight is 442 g/mol. The van der Waals surface area contributed by atoms with Crippen molar-refractivity contribution >= 4 is 45.8 Å². The first-order valence-electron chi connectivity index (χ1n) is 6.78. The molecule has 0 saturated carbocycles. The molecule has 1 amide bonds. The highest BCUT2D eigenvalue weighted by Gasteiger charge is 2.15. The number of anilines is 1. The molecule has 118 valence electrons. The molecule has 1 aromatic carbocycles. The Bertz CT molecular complexity index is 840. The maximum Gasteiger partial charge on any atom is 0.277 e. The predicted octanol–water partition coefficient (Wildman–Crippen LogP) is 3.18. The van der Waals surface area contributed by atoms with Crippen LogP contribution in [0.4, 0.5) is 5.69 Å². The molecule has 8 heteroatoms. The molecule has 0 aliphatic carbocycles. The van der Waals surface area contributed by atoms with Crippen LogP contribution in [0.25, 0.3) is 0 Å². The highest BCUT2D eigenvalue weighted by molar-refractivity contribution is 14.1. The van der Waals surface area contributed by atoms with Crippen molar-refractivity contribution in [1.29, 1.82) is 0 Å². The van der Waals surface area contributed by atoms with Crippen LogP contribution >= 0.6 is 34.2 Å². The lowest BCUT2D eigenvalue weighted by molar-refractivity contribution is 0.102. The van der Waals surface area contributed by atoms with Gasteiger partial charge >= 0.3 is 0 Å². The van der Waals surface area contributed by atoms with E-state index in [1.807, 2.05) is 24.3 Å². The molecule has 0 aliphatic rings. The zero-order valence-electron chi connectivity index (χ0n) is 12.2. The number of carbonyl (C=O) groups is 1. The molecule has 0 saturated heterocycles. The van der Waals surface area contributed by atoms with E-state index < -0.39 is 0 Å². The number of halogens is 2. The first kappa shape index (κ1) is 16.0. The van der Waals surface area contributed by atoms with E-state index in [4.69, 9.17) is 11.6 Å². The summed E-state index contributed by atoms with van der Waals surface area (Å²) in [4.78, 5) is 12.2. The van der Waals surface area contributed by atoms with Crippen LogP contribution in [-0.2, 0) is 13.6 Å². The second-order valence-corrected chi connectivity index (χ2v) is 6.61. The number of carbonyl (C=O) groups excluding carboxylic acids is 1. The molecular weight excluding hydrogens is 429 g/mol. The molecule has 3 rings (SSSR count). The number of aryl methyl sites for hydroxylation is 1. The van der Waals surface area contributed by atoms with E-state index in [1.165, 1.54) is 0 Å². The van der Waals surface area contributed by atoms with Gasteiger partial charge in [0.15, 0.2) is 5.69 Å². The Labute approximate surface area is 151 Å². The first-order chi connectivity index (χ1) is 11.0. The van der Waals surface area contributed by atoms with Crippen molar-refractivity contribution in [2.75, 3.05) is 5.32 Å². The van der Waals surface area contributed by atoms with Crippen molar-refractivity contribution in [3.05, 3.63) is 62.7 Å². The molecule has 1 N–H and O–H groups in total. The van der Waals surface area contributed by atoms with Gasteiger partial charge in [0.05, 0.1) is 22.0 Å². The normalized spacial score (nSPS) is 10.7. The molecule has 23 heavy (non-hydrogen) atoms. The lowest BCUT2D eigenvalue weighted by Crippen LogP contribution is -2.13. The van der Waals surface area contributed by atoms with E-state index in [0.717, 1.165) is 9.13 Å². The Balaban J connectivity index is 1.68. The summed E-state index contributed by atoms with van der Waals surface area (Å²) in [5.41, 5.74) is 2.11. The van der Waals surface area contributed by atoms with Gasteiger partial charge in [-0.2, -0.15) is 10.2 Å². The molecule has 0 aliphatic heterocycles.